The van der Waals surface area contributed by atoms with Gasteiger partial charge in [-0.15, -0.1) is 0 Å². The molecule has 0 radical (unpaired) electrons. The molecule has 0 aliphatic carbocycles. The molecule has 0 aliphatic heterocycles. The summed E-state index contributed by atoms with van der Waals surface area (Å²) in [4.78, 5) is 24.8. The molecule has 0 aromatic heterocycles. The maximum Gasteiger partial charge on any atom is 0.271 e. The second-order valence-electron chi connectivity index (χ2n) is 6.29. The highest BCUT2D eigenvalue weighted by molar-refractivity contribution is 9.10. The van der Waals surface area contributed by atoms with Crippen LogP contribution in [0.4, 0.5) is 5.69 Å². The van der Waals surface area contributed by atoms with Crippen LogP contribution in [0.15, 0.2) is 70.2 Å². The summed E-state index contributed by atoms with van der Waals surface area (Å²) in [6, 6.07) is 16.2. The maximum absolute atomic E-state index is 12.4. The third-order valence-electron chi connectivity index (χ3n) is 4.13. The number of nitrogens with one attached hydrogen (secondary N) is 2. The molecular formula is C22H17BrClN3O4. The van der Waals surface area contributed by atoms with Crippen LogP contribution in [0.3, 0.4) is 0 Å². The Kier molecular flexibility index (Phi) is 7.28. The molecule has 31 heavy (non-hydrogen) atoms. The average molecular weight is 503 g/mol. The van der Waals surface area contributed by atoms with Gasteiger partial charge < -0.3 is 15.2 Å². The number of amides is 2. The number of ether oxygens (including phenoxy) is 1. The zero-order valence-electron chi connectivity index (χ0n) is 16.2. The number of anilines is 1. The van der Waals surface area contributed by atoms with Gasteiger partial charge in [-0.1, -0.05) is 39.7 Å². The smallest absolute Gasteiger partial charge is 0.271 e. The third kappa shape index (κ3) is 5.84. The molecule has 0 saturated carbocycles. The monoisotopic (exact) mass is 501 g/mol. The van der Waals surface area contributed by atoms with Gasteiger partial charge in [0.2, 0.25) is 0 Å². The molecular weight excluding hydrogens is 486 g/mol. The molecule has 3 rings (SSSR count). The molecule has 0 spiro atoms. The van der Waals surface area contributed by atoms with Crippen LogP contribution in [0.25, 0.3) is 0 Å². The molecule has 9 heteroatoms. The number of hydrazone groups is 1. The van der Waals surface area contributed by atoms with Gasteiger partial charge in [-0.3, -0.25) is 9.59 Å². The van der Waals surface area contributed by atoms with Gasteiger partial charge in [0.1, 0.15) is 0 Å². The van der Waals surface area contributed by atoms with Crippen LogP contribution >= 0.6 is 27.5 Å². The molecule has 3 N–H and O–H groups in total. The predicted molar refractivity (Wildman–Crippen MR) is 123 cm³/mol. The van der Waals surface area contributed by atoms with Crippen LogP contribution in [0, 0.1) is 0 Å². The Morgan fingerprint density at radius 1 is 1.06 bits per heavy atom. The Hall–Kier alpha value is -3.36. The first-order chi connectivity index (χ1) is 14.9. The van der Waals surface area contributed by atoms with Gasteiger partial charge in [0.05, 0.1) is 13.3 Å². The largest absolute Gasteiger partial charge is 0.504 e. The fraction of sp³-hybridized carbons (Fsp3) is 0.0455. The van der Waals surface area contributed by atoms with Gasteiger partial charge in [-0.25, -0.2) is 5.43 Å². The zero-order chi connectivity index (χ0) is 22.4. The van der Waals surface area contributed by atoms with E-state index in [9.17, 15) is 14.7 Å². The molecule has 7 nitrogen and oxygen atoms in total. The highest BCUT2D eigenvalue weighted by atomic mass is 79.9. The molecule has 0 aliphatic rings. The van der Waals surface area contributed by atoms with E-state index in [2.05, 4.69) is 31.8 Å². The van der Waals surface area contributed by atoms with E-state index in [1.165, 1.54) is 19.4 Å². The van der Waals surface area contributed by atoms with E-state index in [1.807, 2.05) is 0 Å². The summed E-state index contributed by atoms with van der Waals surface area (Å²) in [6.45, 7) is 0. The molecule has 0 saturated heterocycles. The van der Waals surface area contributed by atoms with Gasteiger partial charge in [-0.2, -0.15) is 5.10 Å². The van der Waals surface area contributed by atoms with E-state index in [4.69, 9.17) is 16.3 Å². The highest BCUT2D eigenvalue weighted by Crippen LogP contribution is 2.32. The lowest BCUT2D eigenvalue weighted by Crippen LogP contribution is -2.18. The first kappa shape index (κ1) is 22.3. The fourth-order valence-corrected chi connectivity index (χ4v) is 3.29. The molecule has 0 atom stereocenters. The molecule has 0 heterocycles. The molecule has 3 aromatic carbocycles. The van der Waals surface area contributed by atoms with Crippen LogP contribution in [0.1, 0.15) is 26.3 Å². The molecule has 158 valence electrons. The quantitative estimate of drug-likeness (QED) is 0.332. The van der Waals surface area contributed by atoms with E-state index in [-0.39, 0.29) is 23.0 Å². The number of hydrogen-bond acceptors (Lipinski definition) is 5. The number of carbonyl (C=O) groups excluding carboxylic acids is 2. The first-order valence-electron chi connectivity index (χ1n) is 8.94. The van der Waals surface area contributed by atoms with Crippen molar-refractivity contribution in [1.29, 1.82) is 0 Å². The van der Waals surface area contributed by atoms with Crippen molar-refractivity contribution in [3.8, 4) is 11.5 Å². The van der Waals surface area contributed by atoms with Gasteiger partial charge in [0, 0.05) is 31.9 Å². The van der Waals surface area contributed by atoms with Crippen molar-refractivity contribution in [3.63, 3.8) is 0 Å². The second kappa shape index (κ2) is 10.1. The van der Waals surface area contributed by atoms with Crippen molar-refractivity contribution in [1.82, 2.24) is 5.43 Å². The number of phenols is 1. The lowest BCUT2D eigenvalue weighted by molar-refractivity contribution is 0.0953. The van der Waals surface area contributed by atoms with Gasteiger partial charge in [0.25, 0.3) is 11.8 Å². The third-order valence-corrected chi connectivity index (χ3v) is 4.82. The van der Waals surface area contributed by atoms with E-state index in [0.29, 0.717) is 26.3 Å². The maximum atomic E-state index is 12.4. The van der Waals surface area contributed by atoms with Crippen molar-refractivity contribution >= 4 is 51.2 Å². The molecule has 0 bridgehead atoms. The minimum Gasteiger partial charge on any atom is -0.504 e. The first-order valence-corrected chi connectivity index (χ1v) is 10.1. The van der Waals surface area contributed by atoms with Crippen molar-refractivity contribution in [2.45, 2.75) is 0 Å². The number of nitrogens with zero attached hydrogens (tertiary/aromatic N) is 1. The standard InChI is InChI=1S/C22H17BrClN3O4/c1-31-19-11-16(23)8-15(20(19)28)12-25-27-22(30)14-5-3-7-18(10-14)26-21(29)13-4-2-6-17(24)9-13/h2-12,28H,1H3,(H,26,29)(H,27,30)/b25-12-. The predicted octanol–water partition coefficient (Wildman–Crippen LogP) is 4.83. The number of aromatic hydroxyl groups is 1. The minimum absolute atomic E-state index is 0.102. The number of phenolic OH excluding ortho intramolecular Hbond substituents is 1. The molecule has 0 unspecified atom stereocenters. The van der Waals surface area contributed by atoms with Crippen molar-refractivity contribution in [3.05, 3.63) is 86.8 Å². The highest BCUT2D eigenvalue weighted by Gasteiger charge is 2.11. The van der Waals surface area contributed by atoms with E-state index in [0.717, 1.165) is 0 Å². The minimum atomic E-state index is -0.489. The van der Waals surface area contributed by atoms with E-state index < -0.39 is 5.91 Å². The van der Waals surface area contributed by atoms with Crippen molar-refractivity contribution < 1.29 is 19.4 Å². The lowest BCUT2D eigenvalue weighted by atomic mass is 10.1. The van der Waals surface area contributed by atoms with E-state index in [1.54, 1.807) is 54.6 Å². The zero-order valence-corrected chi connectivity index (χ0v) is 18.6. The summed E-state index contributed by atoms with van der Waals surface area (Å²) >= 11 is 9.23. The van der Waals surface area contributed by atoms with Crippen LogP contribution in [0.5, 0.6) is 11.5 Å². The number of benzene rings is 3. The van der Waals surface area contributed by atoms with Gasteiger partial charge >= 0.3 is 0 Å². The van der Waals surface area contributed by atoms with Gasteiger partial charge in [-0.05, 0) is 48.5 Å². The van der Waals surface area contributed by atoms with Crippen LogP contribution in [-0.2, 0) is 0 Å². The number of rotatable bonds is 6. The molecule has 3 aromatic rings. The number of halogens is 2. The number of hydrogen-bond donors (Lipinski definition) is 3. The number of carbonyl (C=O) groups is 2. The fourth-order valence-electron chi connectivity index (χ4n) is 2.64. The summed E-state index contributed by atoms with van der Waals surface area (Å²) in [5, 5.41) is 17.2. The average Bonchev–Trinajstić information content (AvgIpc) is 2.76. The Balaban J connectivity index is 1.68. The lowest BCUT2D eigenvalue weighted by Gasteiger charge is -2.08. The summed E-state index contributed by atoms with van der Waals surface area (Å²) in [6.07, 6.45) is 1.30. The Morgan fingerprint density at radius 2 is 1.77 bits per heavy atom. The summed E-state index contributed by atoms with van der Waals surface area (Å²) in [5.41, 5.74) is 3.87. The molecule has 2 amide bonds. The SMILES string of the molecule is COc1cc(Br)cc(/C=N\NC(=O)c2cccc(NC(=O)c3cccc(Cl)c3)c2)c1O. The van der Waals surface area contributed by atoms with E-state index >= 15 is 0 Å². The second-order valence-corrected chi connectivity index (χ2v) is 7.64. The molecule has 0 fully saturated rings. The Morgan fingerprint density at radius 3 is 2.48 bits per heavy atom. The Labute approximate surface area is 191 Å². The van der Waals surface area contributed by atoms with Crippen LogP contribution < -0.4 is 15.5 Å². The summed E-state index contributed by atoms with van der Waals surface area (Å²) in [7, 11) is 1.43. The van der Waals surface area contributed by atoms with Crippen molar-refractivity contribution in [2.24, 2.45) is 5.10 Å². The Bertz CT molecular complexity index is 1170. The summed E-state index contributed by atoms with van der Waals surface area (Å²) in [5.74, 6) is -0.673. The van der Waals surface area contributed by atoms with Crippen LogP contribution in [-0.4, -0.2) is 30.2 Å². The topological polar surface area (TPSA) is 100 Å². The van der Waals surface area contributed by atoms with Gasteiger partial charge in [0.15, 0.2) is 11.5 Å². The number of methoxy groups -OCH3 is 1. The normalized spacial score (nSPS) is 10.7. The van der Waals surface area contributed by atoms with Crippen molar-refractivity contribution in [2.75, 3.05) is 12.4 Å². The summed E-state index contributed by atoms with van der Waals surface area (Å²) < 4.78 is 5.75. The van der Waals surface area contributed by atoms with Crippen LogP contribution in [0.2, 0.25) is 5.02 Å².